The number of hydrogen-bond acceptors (Lipinski definition) is 4. The van der Waals surface area contributed by atoms with Crippen LogP contribution in [0.4, 0.5) is 0 Å². The highest BCUT2D eigenvalue weighted by Crippen LogP contribution is 2.34. The summed E-state index contributed by atoms with van der Waals surface area (Å²) in [5, 5.41) is 0. The Hall–Kier alpha value is -3.02. The summed E-state index contributed by atoms with van der Waals surface area (Å²) in [5.74, 6) is 2.54. The number of likely N-dealkylation sites (N-methyl/N-ethyl adjacent to an activating group) is 1. The molecule has 182 valence electrons. The highest BCUT2D eigenvalue weighted by Gasteiger charge is 2.38. The number of hydrogen-bond donors (Lipinski definition) is 0. The second-order valence-corrected chi connectivity index (χ2v) is 9.55. The van der Waals surface area contributed by atoms with Crippen LogP contribution >= 0.6 is 0 Å². The number of rotatable bonds is 9. The quantitative estimate of drug-likeness (QED) is 0.564. The van der Waals surface area contributed by atoms with Gasteiger partial charge >= 0.3 is 0 Å². The minimum atomic E-state index is 0.117. The van der Waals surface area contributed by atoms with E-state index in [1.807, 2.05) is 53.2 Å². The van der Waals surface area contributed by atoms with Gasteiger partial charge in [-0.25, -0.2) is 0 Å². The van der Waals surface area contributed by atoms with Crippen molar-refractivity contribution in [2.45, 2.75) is 44.6 Å². The summed E-state index contributed by atoms with van der Waals surface area (Å²) in [6.07, 6.45) is 4.95. The van der Waals surface area contributed by atoms with Crippen molar-refractivity contribution in [1.29, 1.82) is 0 Å². The molecule has 0 spiro atoms. The number of benzene rings is 2. The topological polar surface area (TPSA) is 59.1 Å². The van der Waals surface area contributed by atoms with Gasteiger partial charge in [-0.05, 0) is 61.8 Å². The third-order valence-corrected chi connectivity index (χ3v) is 7.32. The lowest BCUT2D eigenvalue weighted by atomic mass is 9.84. The SMILES string of the molecule is COc1cccc(CC(C2CCN(C(=O)Cc3ccccc3OC)CC2)N(C)C(=O)C2CC2)c1. The average molecular weight is 465 g/mol. The van der Waals surface area contributed by atoms with Crippen LogP contribution in [-0.4, -0.2) is 62.0 Å². The molecular weight excluding hydrogens is 428 g/mol. The van der Waals surface area contributed by atoms with Crippen LogP contribution in [0.2, 0.25) is 0 Å². The lowest BCUT2D eigenvalue weighted by Crippen LogP contribution is -2.49. The van der Waals surface area contributed by atoms with E-state index in [0.717, 1.165) is 62.3 Å². The summed E-state index contributed by atoms with van der Waals surface area (Å²) in [7, 11) is 5.28. The Labute approximate surface area is 202 Å². The number of amides is 2. The van der Waals surface area contributed by atoms with E-state index in [1.54, 1.807) is 14.2 Å². The normalized spacial score (nSPS) is 17.2. The third kappa shape index (κ3) is 5.72. The van der Waals surface area contributed by atoms with Crippen LogP contribution in [0.25, 0.3) is 0 Å². The Bertz CT molecular complexity index is 995. The molecule has 1 atom stereocenters. The van der Waals surface area contributed by atoms with Crippen LogP contribution < -0.4 is 9.47 Å². The van der Waals surface area contributed by atoms with E-state index in [4.69, 9.17) is 9.47 Å². The van der Waals surface area contributed by atoms with Crippen molar-refractivity contribution in [2.24, 2.45) is 11.8 Å². The zero-order valence-electron chi connectivity index (χ0n) is 20.5. The van der Waals surface area contributed by atoms with Gasteiger partial charge in [0.1, 0.15) is 11.5 Å². The summed E-state index contributed by atoms with van der Waals surface area (Å²) in [6, 6.07) is 15.9. The molecule has 2 aromatic carbocycles. The summed E-state index contributed by atoms with van der Waals surface area (Å²) in [5.41, 5.74) is 2.09. The Morgan fingerprint density at radius 1 is 1.00 bits per heavy atom. The monoisotopic (exact) mass is 464 g/mol. The van der Waals surface area contributed by atoms with Gasteiger partial charge in [-0.15, -0.1) is 0 Å². The van der Waals surface area contributed by atoms with Crippen molar-refractivity contribution < 1.29 is 19.1 Å². The van der Waals surface area contributed by atoms with Crippen molar-refractivity contribution >= 4 is 11.8 Å². The standard InChI is InChI=1S/C28H36N2O4/c1-29(28(32)22-11-12-22)25(18-20-7-6-9-24(17-20)33-2)21-13-15-30(16-14-21)27(31)19-23-8-4-5-10-26(23)34-3/h4-10,17,21-22,25H,11-16,18-19H2,1-3H3. The van der Waals surface area contributed by atoms with Crippen molar-refractivity contribution in [2.75, 3.05) is 34.4 Å². The van der Waals surface area contributed by atoms with Crippen molar-refractivity contribution in [3.63, 3.8) is 0 Å². The molecular formula is C28H36N2O4. The number of methoxy groups -OCH3 is 2. The molecule has 2 aliphatic rings. The molecule has 6 nitrogen and oxygen atoms in total. The lowest BCUT2D eigenvalue weighted by Gasteiger charge is -2.40. The van der Waals surface area contributed by atoms with Crippen LogP contribution in [0.5, 0.6) is 11.5 Å². The molecule has 2 amide bonds. The Kier molecular flexibility index (Phi) is 7.76. The molecule has 1 aliphatic carbocycles. The molecule has 1 saturated heterocycles. The van der Waals surface area contributed by atoms with Gasteiger partial charge in [0, 0.05) is 37.7 Å². The van der Waals surface area contributed by atoms with Gasteiger partial charge in [-0.1, -0.05) is 30.3 Å². The van der Waals surface area contributed by atoms with Gasteiger partial charge in [0.25, 0.3) is 0 Å². The smallest absolute Gasteiger partial charge is 0.227 e. The predicted octanol–water partition coefficient (Wildman–Crippen LogP) is 3.96. The Morgan fingerprint density at radius 2 is 1.74 bits per heavy atom. The van der Waals surface area contributed by atoms with Crippen LogP contribution in [-0.2, 0) is 22.4 Å². The van der Waals surface area contributed by atoms with E-state index < -0.39 is 0 Å². The van der Waals surface area contributed by atoms with E-state index in [2.05, 4.69) is 12.1 Å². The van der Waals surface area contributed by atoms with Gasteiger partial charge in [0.2, 0.25) is 11.8 Å². The maximum absolute atomic E-state index is 13.0. The van der Waals surface area contributed by atoms with Gasteiger partial charge in [-0.2, -0.15) is 0 Å². The molecule has 4 rings (SSSR count). The zero-order valence-corrected chi connectivity index (χ0v) is 20.5. The lowest BCUT2D eigenvalue weighted by molar-refractivity contribution is -0.137. The summed E-state index contributed by atoms with van der Waals surface area (Å²) >= 11 is 0. The fourth-order valence-electron chi connectivity index (χ4n) is 5.10. The van der Waals surface area contributed by atoms with Gasteiger partial charge < -0.3 is 19.3 Å². The van der Waals surface area contributed by atoms with E-state index in [0.29, 0.717) is 12.3 Å². The zero-order chi connectivity index (χ0) is 24.1. The molecule has 0 bridgehead atoms. The van der Waals surface area contributed by atoms with E-state index >= 15 is 0 Å². The number of ether oxygens (including phenoxy) is 2. The molecule has 1 aliphatic heterocycles. The van der Waals surface area contributed by atoms with Crippen molar-refractivity contribution in [3.05, 3.63) is 59.7 Å². The first-order valence-corrected chi connectivity index (χ1v) is 12.3. The maximum atomic E-state index is 13.0. The van der Waals surface area contributed by atoms with E-state index in [-0.39, 0.29) is 23.8 Å². The summed E-state index contributed by atoms with van der Waals surface area (Å²) < 4.78 is 10.8. The number of likely N-dealkylation sites (tertiary alicyclic amines) is 1. The summed E-state index contributed by atoms with van der Waals surface area (Å²) in [4.78, 5) is 29.9. The molecule has 6 heteroatoms. The molecule has 0 N–H and O–H groups in total. The fourth-order valence-corrected chi connectivity index (χ4v) is 5.10. The van der Waals surface area contributed by atoms with Crippen LogP contribution in [0.15, 0.2) is 48.5 Å². The first kappa shape index (κ1) is 24.1. The fraction of sp³-hybridized carbons (Fsp3) is 0.500. The molecule has 2 aromatic rings. The Morgan fingerprint density at radius 3 is 2.41 bits per heavy atom. The number of carbonyl (C=O) groups excluding carboxylic acids is 2. The summed E-state index contributed by atoms with van der Waals surface area (Å²) in [6.45, 7) is 1.44. The second-order valence-electron chi connectivity index (χ2n) is 9.55. The van der Waals surface area contributed by atoms with Crippen LogP contribution in [0.3, 0.4) is 0 Å². The van der Waals surface area contributed by atoms with Crippen LogP contribution in [0.1, 0.15) is 36.8 Å². The molecule has 1 heterocycles. The van der Waals surface area contributed by atoms with Crippen LogP contribution in [0, 0.1) is 11.8 Å². The first-order chi connectivity index (χ1) is 16.5. The van der Waals surface area contributed by atoms with Gasteiger partial charge in [-0.3, -0.25) is 9.59 Å². The third-order valence-electron chi connectivity index (χ3n) is 7.32. The second kappa shape index (κ2) is 10.9. The van der Waals surface area contributed by atoms with Crippen molar-refractivity contribution in [1.82, 2.24) is 9.80 Å². The van der Waals surface area contributed by atoms with E-state index in [9.17, 15) is 9.59 Å². The number of nitrogens with zero attached hydrogens (tertiary/aromatic N) is 2. The molecule has 1 saturated carbocycles. The minimum Gasteiger partial charge on any atom is -0.497 e. The predicted molar refractivity (Wildman–Crippen MR) is 132 cm³/mol. The highest BCUT2D eigenvalue weighted by molar-refractivity contribution is 5.81. The molecule has 0 aromatic heterocycles. The number of piperidine rings is 1. The Balaban J connectivity index is 1.42. The van der Waals surface area contributed by atoms with Crippen molar-refractivity contribution in [3.8, 4) is 11.5 Å². The van der Waals surface area contributed by atoms with Gasteiger partial charge in [0.05, 0.1) is 20.6 Å². The average Bonchev–Trinajstić information content (AvgIpc) is 3.72. The largest absolute Gasteiger partial charge is 0.497 e. The first-order valence-electron chi connectivity index (χ1n) is 12.3. The molecule has 34 heavy (non-hydrogen) atoms. The van der Waals surface area contributed by atoms with E-state index in [1.165, 1.54) is 5.56 Å². The number of carbonyl (C=O) groups is 2. The molecule has 1 unspecified atom stereocenters. The molecule has 0 radical (unpaired) electrons. The minimum absolute atomic E-state index is 0.117. The molecule has 2 fully saturated rings. The van der Waals surface area contributed by atoms with Gasteiger partial charge in [0.15, 0.2) is 0 Å². The number of para-hydroxylation sites is 1. The maximum Gasteiger partial charge on any atom is 0.227 e. The highest BCUT2D eigenvalue weighted by atomic mass is 16.5.